The molecule has 1 aliphatic rings. The molecule has 1 heterocycles. The number of hydrogen-bond acceptors (Lipinski definition) is 5. The van der Waals surface area contributed by atoms with Gasteiger partial charge in [-0.2, -0.15) is 5.10 Å². The van der Waals surface area contributed by atoms with E-state index in [9.17, 15) is 13.6 Å². The molecule has 0 bridgehead atoms. The average Bonchev–Trinajstić information content (AvgIpc) is 3.18. The van der Waals surface area contributed by atoms with Crippen LogP contribution in [0.15, 0.2) is 41.5 Å². The lowest BCUT2D eigenvalue weighted by Gasteiger charge is -2.24. The molecular weight excluding hydrogens is 384 g/mol. The smallest absolute Gasteiger partial charge is 0.270 e. The second-order valence-corrected chi connectivity index (χ2v) is 7.24. The van der Waals surface area contributed by atoms with Gasteiger partial charge in [0, 0.05) is 12.7 Å². The number of hydrogen-bond donors (Lipinski definition) is 1. The van der Waals surface area contributed by atoms with Crippen LogP contribution >= 0.6 is 11.8 Å². The van der Waals surface area contributed by atoms with Crippen LogP contribution in [0.3, 0.4) is 0 Å². The first-order valence-corrected chi connectivity index (χ1v) is 9.76. The normalized spacial score (nSPS) is 16.0. The third kappa shape index (κ3) is 4.40. The summed E-state index contributed by atoms with van der Waals surface area (Å²) in [5.41, 5.74) is 9.77. The van der Waals surface area contributed by atoms with E-state index in [1.54, 1.807) is 17.7 Å². The fourth-order valence-electron chi connectivity index (χ4n) is 3.07. The Hall–Kier alpha value is -2.29. The Kier molecular flexibility index (Phi) is 6.77. The lowest BCUT2D eigenvalue weighted by atomic mass is 9.96. The van der Waals surface area contributed by atoms with E-state index in [2.05, 4.69) is 5.10 Å². The molecule has 0 radical (unpaired) electrons. The van der Waals surface area contributed by atoms with Crippen LogP contribution in [0.25, 0.3) is 11.1 Å². The van der Waals surface area contributed by atoms with E-state index < -0.39 is 17.0 Å². The number of carbonyl (C=O) groups is 1. The van der Waals surface area contributed by atoms with Gasteiger partial charge in [-0.05, 0) is 60.3 Å². The van der Waals surface area contributed by atoms with Gasteiger partial charge in [0.05, 0.1) is 5.55 Å². The minimum absolute atomic E-state index is 0.0925. The molecule has 3 rings (SSSR count). The van der Waals surface area contributed by atoms with Crippen LogP contribution in [0.4, 0.5) is 8.78 Å². The highest BCUT2D eigenvalue weighted by molar-refractivity contribution is 8.12. The molecule has 148 valence electrons. The lowest BCUT2D eigenvalue weighted by molar-refractivity contribution is -0.135. The largest absolute Gasteiger partial charge is 0.375 e. The predicted octanol–water partition coefficient (Wildman–Crippen LogP) is 3.69. The predicted molar refractivity (Wildman–Crippen MR) is 107 cm³/mol. The SMILES string of the molecule is COCC(=O)N1N=CSC1c1cc(-c2cc(F)ccc2F)ccc1CCCN. The van der Waals surface area contributed by atoms with Crippen molar-refractivity contribution in [3.63, 3.8) is 0 Å². The number of nitrogens with zero attached hydrogens (tertiary/aromatic N) is 2. The minimum Gasteiger partial charge on any atom is -0.375 e. The summed E-state index contributed by atoms with van der Waals surface area (Å²) in [5.74, 6) is -1.30. The lowest BCUT2D eigenvalue weighted by Crippen LogP contribution is -2.29. The van der Waals surface area contributed by atoms with Crippen molar-refractivity contribution in [2.24, 2.45) is 10.8 Å². The first-order chi connectivity index (χ1) is 13.5. The van der Waals surface area contributed by atoms with E-state index in [-0.39, 0.29) is 18.1 Å². The number of methoxy groups -OCH3 is 1. The molecule has 8 heteroatoms. The van der Waals surface area contributed by atoms with Gasteiger partial charge in [0.15, 0.2) is 0 Å². The van der Waals surface area contributed by atoms with Crippen LogP contribution in [0.1, 0.15) is 22.9 Å². The van der Waals surface area contributed by atoms with Gasteiger partial charge in [-0.3, -0.25) is 4.79 Å². The molecule has 0 aromatic heterocycles. The zero-order valence-corrected chi connectivity index (χ0v) is 16.2. The first-order valence-electron chi connectivity index (χ1n) is 8.82. The molecule has 28 heavy (non-hydrogen) atoms. The maximum atomic E-state index is 14.3. The van der Waals surface area contributed by atoms with Gasteiger partial charge in [0.1, 0.15) is 23.6 Å². The summed E-state index contributed by atoms with van der Waals surface area (Å²) in [5, 5.41) is 5.12. The quantitative estimate of drug-likeness (QED) is 0.763. The van der Waals surface area contributed by atoms with Crippen molar-refractivity contribution in [1.29, 1.82) is 0 Å². The summed E-state index contributed by atoms with van der Waals surface area (Å²) in [6.45, 7) is 0.436. The Morgan fingerprint density at radius 2 is 2.11 bits per heavy atom. The van der Waals surface area contributed by atoms with E-state index in [0.717, 1.165) is 29.7 Å². The molecule has 0 saturated heterocycles. The van der Waals surface area contributed by atoms with Gasteiger partial charge >= 0.3 is 0 Å². The van der Waals surface area contributed by atoms with Gasteiger partial charge in [0.25, 0.3) is 5.91 Å². The molecule has 0 fully saturated rings. The molecule has 1 aliphatic heterocycles. The molecule has 1 unspecified atom stereocenters. The van der Waals surface area contributed by atoms with Gasteiger partial charge in [-0.25, -0.2) is 13.8 Å². The van der Waals surface area contributed by atoms with Crippen molar-refractivity contribution in [3.8, 4) is 11.1 Å². The van der Waals surface area contributed by atoms with Gasteiger partial charge in [0.2, 0.25) is 0 Å². The van der Waals surface area contributed by atoms with Crippen molar-refractivity contribution in [2.75, 3.05) is 20.3 Å². The summed E-state index contributed by atoms with van der Waals surface area (Å²) in [4.78, 5) is 12.4. The topological polar surface area (TPSA) is 67.9 Å². The number of amides is 1. The second-order valence-electron chi connectivity index (χ2n) is 6.31. The van der Waals surface area contributed by atoms with Gasteiger partial charge < -0.3 is 10.5 Å². The van der Waals surface area contributed by atoms with Crippen LogP contribution in [0.5, 0.6) is 0 Å². The number of carbonyl (C=O) groups excluding carboxylic acids is 1. The molecule has 0 saturated carbocycles. The number of benzene rings is 2. The number of aryl methyl sites for hydroxylation is 1. The van der Waals surface area contributed by atoms with E-state index in [1.165, 1.54) is 29.9 Å². The van der Waals surface area contributed by atoms with Crippen molar-refractivity contribution >= 4 is 23.2 Å². The van der Waals surface area contributed by atoms with E-state index >= 15 is 0 Å². The molecule has 0 aliphatic carbocycles. The Balaban J connectivity index is 2.04. The Labute approximate surface area is 166 Å². The van der Waals surface area contributed by atoms with Gasteiger partial charge in [-0.15, -0.1) is 0 Å². The molecule has 1 atom stereocenters. The highest BCUT2D eigenvalue weighted by Gasteiger charge is 2.31. The van der Waals surface area contributed by atoms with Crippen LogP contribution in [0.2, 0.25) is 0 Å². The highest BCUT2D eigenvalue weighted by Crippen LogP contribution is 2.40. The van der Waals surface area contributed by atoms with Gasteiger partial charge in [-0.1, -0.05) is 23.9 Å². The maximum Gasteiger partial charge on any atom is 0.270 e. The van der Waals surface area contributed by atoms with Crippen molar-refractivity contribution in [3.05, 3.63) is 59.2 Å². The van der Waals surface area contributed by atoms with E-state index in [0.29, 0.717) is 18.5 Å². The maximum absolute atomic E-state index is 14.3. The first kappa shape index (κ1) is 20.4. The number of ether oxygens (including phenoxy) is 1. The molecule has 2 aromatic rings. The van der Waals surface area contributed by atoms with Crippen LogP contribution in [0, 0.1) is 11.6 Å². The minimum atomic E-state index is -0.513. The van der Waals surface area contributed by atoms with Crippen molar-refractivity contribution in [2.45, 2.75) is 18.2 Å². The summed E-state index contributed by atoms with van der Waals surface area (Å²) in [7, 11) is 1.44. The van der Waals surface area contributed by atoms with Crippen LogP contribution in [-0.2, 0) is 16.0 Å². The number of rotatable bonds is 7. The molecule has 0 spiro atoms. The Morgan fingerprint density at radius 1 is 1.29 bits per heavy atom. The molecular formula is C20H21F2N3O2S. The van der Waals surface area contributed by atoms with Crippen LogP contribution in [-0.4, -0.2) is 36.7 Å². The fourth-order valence-corrected chi connectivity index (χ4v) is 4.00. The monoisotopic (exact) mass is 405 g/mol. The van der Waals surface area contributed by atoms with E-state index in [1.807, 2.05) is 6.07 Å². The van der Waals surface area contributed by atoms with Crippen molar-refractivity contribution in [1.82, 2.24) is 5.01 Å². The highest BCUT2D eigenvalue weighted by atomic mass is 32.2. The molecule has 2 N–H and O–H groups in total. The zero-order valence-electron chi connectivity index (χ0n) is 15.4. The summed E-state index contributed by atoms with van der Waals surface area (Å²) in [6.07, 6.45) is 1.48. The van der Waals surface area contributed by atoms with E-state index in [4.69, 9.17) is 10.5 Å². The number of hydrazone groups is 1. The second kappa shape index (κ2) is 9.27. The summed E-state index contributed by atoms with van der Waals surface area (Å²) < 4.78 is 32.9. The zero-order chi connectivity index (χ0) is 20.1. The third-order valence-electron chi connectivity index (χ3n) is 4.41. The Morgan fingerprint density at radius 3 is 2.86 bits per heavy atom. The Bertz CT molecular complexity index is 892. The molecule has 2 aromatic carbocycles. The fraction of sp³-hybridized carbons (Fsp3) is 0.300. The summed E-state index contributed by atoms with van der Waals surface area (Å²) in [6, 6.07) is 8.79. The van der Waals surface area contributed by atoms with Crippen molar-refractivity contribution < 1.29 is 18.3 Å². The average molecular weight is 405 g/mol. The third-order valence-corrected chi connectivity index (χ3v) is 5.34. The number of thioether (sulfide) groups is 1. The standard InChI is InChI=1S/C20H21F2N3O2S/c1-27-11-19(26)25-20(28-12-24-25)17-9-14(5-4-13(17)3-2-8-23)16-10-15(21)6-7-18(16)22/h4-7,9-10,12,20H,2-3,8,11,23H2,1H3. The number of nitrogens with two attached hydrogens (primary N) is 1. The van der Waals surface area contributed by atoms with Crippen LogP contribution < -0.4 is 5.73 Å². The summed E-state index contributed by atoms with van der Waals surface area (Å²) >= 11 is 1.38. The molecule has 1 amide bonds. The molecule has 5 nitrogen and oxygen atoms in total. The number of halogens is 2.